The molecule has 0 bridgehead atoms. The zero-order chi connectivity index (χ0) is 23.7. The van der Waals surface area contributed by atoms with Crippen molar-refractivity contribution in [2.45, 2.75) is 62.7 Å². The first kappa shape index (κ1) is 22.9. The number of morpholine rings is 1. The molecule has 186 valence electrons. The van der Waals surface area contributed by atoms with Crippen LogP contribution in [0.5, 0.6) is 5.75 Å². The largest absolute Gasteiger partial charge is 0.490 e. The summed E-state index contributed by atoms with van der Waals surface area (Å²) in [6.45, 7) is 5.01. The van der Waals surface area contributed by atoms with Gasteiger partial charge in [0.1, 0.15) is 18.5 Å². The van der Waals surface area contributed by atoms with Gasteiger partial charge in [0.2, 0.25) is 0 Å². The SMILES string of the molecule is O=C1COC2(CCN(c3ccc(OC4CCN(C5CCC5)CC4)cc3)CC2)CN1c1ccccc1. The van der Waals surface area contributed by atoms with Gasteiger partial charge in [-0.15, -0.1) is 0 Å². The second-order valence-electron chi connectivity index (χ2n) is 10.7. The van der Waals surface area contributed by atoms with Gasteiger partial charge < -0.3 is 24.2 Å². The Morgan fingerprint density at radius 1 is 0.829 bits per heavy atom. The van der Waals surface area contributed by atoms with Gasteiger partial charge in [0.05, 0.1) is 12.1 Å². The van der Waals surface area contributed by atoms with Crippen molar-refractivity contribution >= 4 is 17.3 Å². The average molecular weight is 476 g/mol. The molecule has 4 aliphatic rings. The first-order valence-electron chi connectivity index (χ1n) is 13.4. The number of benzene rings is 2. The molecule has 6 nitrogen and oxygen atoms in total. The van der Waals surface area contributed by atoms with Crippen molar-refractivity contribution in [3.8, 4) is 5.75 Å². The third-order valence-corrected chi connectivity index (χ3v) is 8.56. The molecule has 6 rings (SSSR count). The summed E-state index contributed by atoms with van der Waals surface area (Å²) in [5.41, 5.74) is 1.95. The predicted octanol–water partition coefficient (Wildman–Crippen LogP) is 4.48. The van der Waals surface area contributed by atoms with Crippen LogP contribution < -0.4 is 14.5 Å². The molecular weight excluding hydrogens is 438 g/mol. The van der Waals surface area contributed by atoms with E-state index in [1.807, 2.05) is 35.2 Å². The van der Waals surface area contributed by atoms with E-state index in [0.29, 0.717) is 12.6 Å². The van der Waals surface area contributed by atoms with E-state index in [-0.39, 0.29) is 18.1 Å². The van der Waals surface area contributed by atoms with E-state index in [9.17, 15) is 4.79 Å². The van der Waals surface area contributed by atoms with Crippen LogP contribution in [-0.2, 0) is 9.53 Å². The van der Waals surface area contributed by atoms with Gasteiger partial charge in [0.15, 0.2) is 0 Å². The summed E-state index contributed by atoms with van der Waals surface area (Å²) in [5, 5.41) is 0. The molecule has 0 aromatic heterocycles. The van der Waals surface area contributed by atoms with Crippen molar-refractivity contribution in [2.75, 3.05) is 49.1 Å². The summed E-state index contributed by atoms with van der Waals surface area (Å²) in [6.07, 6.45) is 8.63. The fourth-order valence-electron chi connectivity index (χ4n) is 6.07. The Hall–Kier alpha value is -2.57. The maximum atomic E-state index is 12.5. The Morgan fingerprint density at radius 3 is 2.20 bits per heavy atom. The lowest BCUT2D eigenvalue weighted by Crippen LogP contribution is -2.59. The lowest BCUT2D eigenvalue weighted by molar-refractivity contribution is -0.141. The number of ether oxygens (including phenoxy) is 2. The Kier molecular flexibility index (Phi) is 6.42. The number of nitrogens with zero attached hydrogens (tertiary/aromatic N) is 3. The van der Waals surface area contributed by atoms with Crippen molar-refractivity contribution in [1.29, 1.82) is 0 Å². The molecule has 35 heavy (non-hydrogen) atoms. The molecule has 0 atom stereocenters. The molecule has 3 heterocycles. The Balaban J connectivity index is 1.01. The second kappa shape index (κ2) is 9.82. The van der Waals surface area contributed by atoms with Crippen molar-refractivity contribution in [2.24, 2.45) is 0 Å². The number of carbonyl (C=O) groups excluding carboxylic acids is 1. The van der Waals surface area contributed by atoms with Crippen LogP contribution in [0.3, 0.4) is 0 Å². The molecule has 0 unspecified atom stereocenters. The van der Waals surface area contributed by atoms with Gasteiger partial charge in [-0.25, -0.2) is 0 Å². The van der Waals surface area contributed by atoms with E-state index in [1.165, 1.54) is 38.0 Å². The van der Waals surface area contributed by atoms with Crippen LogP contribution in [0.4, 0.5) is 11.4 Å². The van der Waals surface area contributed by atoms with Gasteiger partial charge in [-0.3, -0.25) is 4.79 Å². The molecule has 3 saturated heterocycles. The highest BCUT2D eigenvalue weighted by Crippen LogP contribution is 2.35. The Bertz CT molecular complexity index is 992. The molecule has 0 radical (unpaired) electrons. The standard InChI is InChI=1S/C29H37N3O3/c33-28-21-34-29(22-32(28)25-5-2-1-3-6-25)15-19-31(20-16-29)24-9-11-26(12-10-24)35-27-13-17-30(18-14-27)23-7-4-8-23/h1-3,5-6,9-12,23,27H,4,7-8,13-22H2. The zero-order valence-electron chi connectivity index (χ0n) is 20.6. The average Bonchev–Trinajstić information content (AvgIpc) is 2.87. The van der Waals surface area contributed by atoms with Crippen LogP contribution in [0.15, 0.2) is 54.6 Å². The number of hydrogen-bond acceptors (Lipinski definition) is 5. The number of amides is 1. The summed E-state index contributed by atoms with van der Waals surface area (Å²) in [6, 6.07) is 19.5. The van der Waals surface area contributed by atoms with Gasteiger partial charge in [-0.05, 0) is 74.9 Å². The monoisotopic (exact) mass is 475 g/mol. The van der Waals surface area contributed by atoms with E-state index in [1.54, 1.807) is 0 Å². The van der Waals surface area contributed by atoms with Crippen LogP contribution >= 0.6 is 0 Å². The van der Waals surface area contributed by atoms with E-state index in [0.717, 1.165) is 56.3 Å². The van der Waals surface area contributed by atoms with Gasteiger partial charge in [-0.1, -0.05) is 24.6 Å². The lowest BCUT2D eigenvalue weighted by atomic mass is 9.88. The topological polar surface area (TPSA) is 45.2 Å². The highest BCUT2D eigenvalue weighted by atomic mass is 16.5. The first-order chi connectivity index (χ1) is 17.2. The molecule has 2 aromatic carbocycles. The minimum atomic E-state index is -0.252. The third kappa shape index (κ3) is 4.91. The predicted molar refractivity (Wildman–Crippen MR) is 138 cm³/mol. The fraction of sp³-hybridized carbons (Fsp3) is 0.552. The number of rotatable bonds is 5. The van der Waals surface area contributed by atoms with E-state index in [4.69, 9.17) is 9.47 Å². The quantitative estimate of drug-likeness (QED) is 0.638. The molecule has 4 fully saturated rings. The molecule has 2 aromatic rings. The second-order valence-corrected chi connectivity index (χ2v) is 10.7. The van der Waals surface area contributed by atoms with Crippen LogP contribution in [0.25, 0.3) is 0 Å². The van der Waals surface area contributed by atoms with E-state index in [2.05, 4.69) is 34.1 Å². The van der Waals surface area contributed by atoms with Crippen molar-refractivity contribution in [3.63, 3.8) is 0 Å². The summed E-state index contributed by atoms with van der Waals surface area (Å²) in [7, 11) is 0. The zero-order valence-corrected chi connectivity index (χ0v) is 20.6. The minimum absolute atomic E-state index is 0.0496. The number of likely N-dealkylation sites (tertiary alicyclic amines) is 1. The van der Waals surface area contributed by atoms with Crippen LogP contribution in [0.1, 0.15) is 44.9 Å². The molecule has 1 aliphatic carbocycles. The van der Waals surface area contributed by atoms with Gasteiger partial charge in [0.25, 0.3) is 5.91 Å². The number of para-hydroxylation sites is 1. The Labute approximate surface area is 208 Å². The van der Waals surface area contributed by atoms with Crippen LogP contribution in [0.2, 0.25) is 0 Å². The number of anilines is 2. The smallest absolute Gasteiger partial charge is 0.253 e. The van der Waals surface area contributed by atoms with Gasteiger partial charge in [-0.2, -0.15) is 0 Å². The normalized spacial score (nSPS) is 23.9. The molecule has 0 N–H and O–H groups in total. The van der Waals surface area contributed by atoms with Gasteiger partial charge >= 0.3 is 0 Å². The van der Waals surface area contributed by atoms with Crippen molar-refractivity contribution in [3.05, 3.63) is 54.6 Å². The maximum absolute atomic E-state index is 12.5. The van der Waals surface area contributed by atoms with Crippen molar-refractivity contribution in [1.82, 2.24) is 4.90 Å². The molecular formula is C29H37N3O3. The molecule has 1 saturated carbocycles. The molecule has 1 amide bonds. The highest BCUT2D eigenvalue weighted by Gasteiger charge is 2.42. The first-order valence-corrected chi connectivity index (χ1v) is 13.4. The molecule has 6 heteroatoms. The van der Waals surface area contributed by atoms with E-state index < -0.39 is 0 Å². The molecule has 3 aliphatic heterocycles. The summed E-state index contributed by atoms with van der Waals surface area (Å²) < 4.78 is 12.5. The summed E-state index contributed by atoms with van der Waals surface area (Å²) in [4.78, 5) is 19.5. The molecule has 1 spiro atoms. The highest BCUT2D eigenvalue weighted by molar-refractivity contribution is 5.95. The lowest BCUT2D eigenvalue weighted by Gasteiger charge is -2.47. The number of piperidine rings is 2. The van der Waals surface area contributed by atoms with Crippen LogP contribution in [0, 0.1) is 0 Å². The van der Waals surface area contributed by atoms with E-state index >= 15 is 0 Å². The van der Waals surface area contributed by atoms with Gasteiger partial charge in [0, 0.05) is 43.6 Å². The number of carbonyl (C=O) groups is 1. The number of hydrogen-bond donors (Lipinski definition) is 0. The van der Waals surface area contributed by atoms with Crippen LogP contribution in [-0.4, -0.2) is 67.9 Å². The third-order valence-electron chi connectivity index (χ3n) is 8.56. The summed E-state index contributed by atoms with van der Waals surface area (Å²) >= 11 is 0. The minimum Gasteiger partial charge on any atom is -0.490 e. The summed E-state index contributed by atoms with van der Waals surface area (Å²) in [5.74, 6) is 1.03. The fourth-order valence-corrected chi connectivity index (χ4v) is 6.07. The van der Waals surface area contributed by atoms with Crippen molar-refractivity contribution < 1.29 is 14.3 Å². The Morgan fingerprint density at radius 2 is 1.54 bits per heavy atom. The maximum Gasteiger partial charge on any atom is 0.253 e.